The van der Waals surface area contributed by atoms with Crippen LogP contribution in [0.1, 0.15) is 5.56 Å². The van der Waals surface area contributed by atoms with Gasteiger partial charge in [-0.1, -0.05) is 17.9 Å². The van der Waals surface area contributed by atoms with Gasteiger partial charge in [0.25, 0.3) is 0 Å². The second-order valence-electron chi connectivity index (χ2n) is 2.80. The molecule has 4 heteroatoms. The van der Waals surface area contributed by atoms with Crippen LogP contribution >= 0.6 is 11.6 Å². The molecule has 1 rings (SSSR count). The zero-order valence-electron chi connectivity index (χ0n) is 8.13. The zero-order valence-corrected chi connectivity index (χ0v) is 8.88. The minimum absolute atomic E-state index is 0.417. The molecule has 14 heavy (non-hydrogen) atoms. The maximum Gasteiger partial charge on any atom is 0.119 e. The van der Waals surface area contributed by atoms with Crippen LogP contribution in [0.15, 0.2) is 18.2 Å². The van der Waals surface area contributed by atoms with E-state index < -0.39 is 0 Å². The van der Waals surface area contributed by atoms with E-state index in [1.165, 1.54) is 0 Å². The predicted octanol–water partition coefficient (Wildman–Crippen LogP) is 2.03. The third kappa shape index (κ3) is 3.24. The van der Waals surface area contributed by atoms with Crippen LogP contribution in [-0.2, 0) is 11.1 Å². The average molecular weight is 210 g/mol. The largest absolute Gasteiger partial charge is 0.491 e. The summed E-state index contributed by atoms with van der Waals surface area (Å²) in [6, 6.07) is 5.45. The fourth-order valence-electron chi connectivity index (χ4n) is 1.04. The van der Waals surface area contributed by atoms with Gasteiger partial charge >= 0.3 is 0 Å². The first-order valence-electron chi connectivity index (χ1n) is 4.38. The third-order valence-corrected chi connectivity index (χ3v) is 2.16. The Labute approximate surface area is 90.6 Å². The molecule has 74 valence electrons. The quantitative estimate of drug-likeness (QED) is 0.547. The van der Waals surface area contributed by atoms with Crippen molar-refractivity contribution < 1.29 is 9.47 Å². The molecule has 0 aliphatic heterocycles. The van der Waals surface area contributed by atoms with E-state index in [1.54, 1.807) is 13.2 Å². The second-order valence-corrected chi connectivity index (χ2v) is 3.21. The first-order chi connectivity index (χ1) is 6.77. The van der Waals surface area contributed by atoms with Crippen molar-refractivity contribution in [3.63, 3.8) is 0 Å². The Morgan fingerprint density at radius 3 is 2.79 bits per heavy atom. The lowest BCUT2D eigenvalue weighted by molar-refractivity contribution is 0.146. The van der Waals surface area contributed by atoms with Crippen molar-refractivity contribution in [1.82, 2.24) is 0 Å². The highest BCUT2D eigenvalue weighted by molar-refractivity contribution is 6.31. The van der Waals surface area contributed by atoms with Gasteiger partial charge in [-0.2, -0.15) is 0 Å². The Bertz CT molecular complexity index is 291. The molecule has 0 atom stereocenters. The average Bonchev–Trinajstić information content (AvgIpc) is 2.21. The summed E-state index contributed by atoms with van der Waals surface area (Å²) in [5.41, 5.74) is 0.890. The summed E-state index contributed by atoms with van der Waals surface area (Å²) in [4.78, 5) is 0. The summed E-state index contributed by atoms with van der Waals surface area (Å²) in [6.45, 7) is 1.10. The van der Waals surface area contributed by atoms with E-state index in [9.17, 15) is 0 Å². The van der Waals surface area contributed by atoms with Crippen molar-refractivity contribution in [3.8, 4) is 5.75 Å². The van der Waals surface area contributed by atoms with Crippen molar-refractivity contribution in [1.29, 1.82) is 0 Å². The molecule has 0 aromatic heterocycles. The molecule has 0 heterocycles. The van der Waals surface area contributed by atoms with Gasteiger partial charge in [0.1, 0.15) is 12.4 Å². The Morgan fingerprint density at radius 2 is 2.14 bits per heavy atom. The number of hydrogen-bond acceptors (Lipinski definition) is 2. The molecule has 0 N–H and O–H groups in total. The molecule has 0 fully saturated rings. The number of ether oxygens (including phenoxy) is 2. The normalized spacial score (nSPS) is 10.1. The topological polar surface area (TPSA) is 18.5 Å². The fourth-order valence-corrected chi connectivity index (χ4v) is 1.23. The van der Waals surface area contributed by atoms with Crippen LogP contribution in [0.25, 0.3) is 0 Å². The molecule has 0 aliphatic rings. The first kappa shape index (κ1) is 11.4. The Hall–Kier alpha value is -0.665. The van der Waals surface area contributed by atoms with E-state index in [2.05, 4.69) is 0 Å². The smallest absolute Gasteiger partial charge is 0.119 e. The minimum atomic E-state index is 0.417. The van der Waals surface area contributed by atoms with E-state index in [0.717, 1.165) is 11.3 Å². The number of hydrogen-bond donors (Lipinski definition) is 0. The highest BCUT2D eigenvalue weighted by Gasteiger charge is 2.00. The summed E-state index contributed by atoms with van der Waals surface area (Å²) in [5, 5.41) is 0.673. The Kier molecular flexibility index (Phi) is 4.84. The van der Waals surface area contributed by atoms with Gasteiger partial charge in [-0.3, -0.25) is 0 Å². The van der Waals surface area contributed by atoms with Crippen LogP contribution in [0.5, 0.6) is 5.75 Å². The van der Waals surface area contributed by atoms with Crippen molar-refractivity contribution in [2.75, 3.05) is 20.3 Å². The molecule has 0 saturated heterocycles. The standard InChI is InChI=1S/C10H12BClO2/c1-13-4-5-14-9-2-3-10(12)8(6-9)7-11/h2-3,6H,4-5,7H2,1H3. The molecule has 2 radical (unpaired) electrons. The van der Waals surface area contributed by atoms with Crippen molar-refractivity contribution in [2.45, 2.75) is 6.32 Å². The molecule has 0 amide bonds. The van der Waals surface area contributed by atoms with E-state index in [4.69, 9.17) is 28.9 Å². The molecular formula is C10H12BClO2. The highest BCUT2D eigenvalue weighted by Crippen LogP contribution is 2.21. The van der Waals surface area contributed by atoms with E-state index in [-0.39, 0.29) is 0 Å². The molecule has 1 aromatic carbocycles. The van der Waals surface area contributed by atoms with Gasteiger partial charge in [-0.15, -0.1) is 0 Å². The Balaban J connectivity index is 2.60. The Morgan fingerprint density at radius 1 is 1.36 bits per heavy atom. The summed E-state index contributed by atoms with van der Waals surface area (Å²) in [6.07, 6.45) is 0.417. The van der Waals surface area contributed by atoms with Crippen LogP contribution in [0, 0.1) is 0 Å². The SMILES string of the molecule is [B]Cc1cc(OCCOC)ccc1Cl. The maximum absolute atomic E-state index is 5.90. The van der Waals surface area contributed by atoms with Gasteiger partial charge in [0, 0.05) is 12.1 Å². The molecular weight excluding hydrogens is 198 g/mol. The van der Waals surface area contributed by atoms with Gasteiger partial charge in [0.05, 0.1) is 14.5 Å². The highest BCUT2D eigenvalue weighted by atomic mass is 35.5. The van der Waals surface area contributed by atoms with E-state index in [0.29, 0.717) is 24.6 Å². The van der Waals surface area contributed by atoms with Gasteiger partial charge in [-0.05, 0) is 23.8 Å². The van der Waals surface area contributed by atoms with E-state index in [1.807, 2.05) is 12.1 Å². The summed E-state index contributed by atoms with van der Waals surface area (Å²) in [7, 11) is 7.15. The monoisotopic (exact) mass is 210 g/mol. The molecule has 0 bridgehead atoms. The zero-order chi connectivity index (χ0) is 10.4. The summed E-state index contributed by atoms with van der Waals surface area (Å²) in [5.74, 6) is 0.770. The second kappa shape index (κ2) is 5.94. The van der Waals surface area contributed by atoms with Gasteiger partial charge in [0.2, 0.25) is 0 Å². The predicted molar refractivity (Wildman–Crippen MR) is 58.3 cm³/mol. The summed E-state index contributed by atoms with van der Waals surface area (Å²) >= 11 is 5.90. The number of benzene rings is 1. The first-order valence-corrected chi connectivity index (χ1v) is 4.76. The van der Waals surface area contributed by atoms with Gasteiger partial charge in [0.15, 0.2) is 0 Å². The van der Waals surface area contributed by atoms with Crippen molar-refractivity contribution in [2.24, 2.45) is 0 Å². The van der Waals surface area contributed by atoms with Crippen molar-refractivity contribution >= 4 is 19.4 Å². The van der Waals surface area contributed by atoms with E-state index >= 15 is 0 Å². The van der Waals surface area contributed by atoms with Crippen LogP contribution in [0.2, 0.25) is 5.02 Å². The number of halogens is 1. The lowest BCUT2D eigenvalue weighted by Gasteiger charge is -2.07. The molecule has 0 saturated carbocycles. The minimum Gasteiger partial charge on any atom is -0.491 e. The number of methoxy groups -OCH3 is 1. The van der Waals surface area contributed by atoms with Crippen LogP contribution in [0.3, 0.4) is 0 Å². The molecule has 0 spiro atoms. The number of rotatable bonds is 5. The van der Waals surface area contributed by atoms with Crippen molar-refractivity contribution in [3.05, 3.63) is 28.8 Å². The molecule has 0 aliphatic carbocycles. The lowest BCUT2D eigenvalue weighted by Crippen LogP contribution is -2.04. The molecule has 1 aromatic rings. The van der Waals surface area contributed by atoms with Crippen LogP contribution in [0.4, 0.5) is 0 Å². The van der Waals surface area contributed by atoms with Gasteiger partial charge in [-0.25, -0.2) is 0 Å². The summed E-state index contributed by atoms with van der Waals surface area (Å²) < 4.78 is 10.3. The maximum atomic E-state index is 5.90. The molecule has 0 unspecified atom stereocenters. The lowest BCUT2D eigenvalue weighted by atomic mass is 9.97. The third-order valence-electron chi connectivity index (χ3n) is 1.79. The van der Waals surface area contributed by atoms with Crippen LogP contribution in [-0.4, -0.2) is 28.2 Å². The van der Waals surface area contributed by atoms with Crippen LogP contribution < -0.4 is 4.74 Å². The molecule has 2 nitrogen and oxygen atoms in total. The fraction of sp³-hybridized carbons (Fsp3) is 0.400. The van der Waals surface area contributed by atoms with Gasteiger partial charge < -0.3 is 9.47 Å².